The minimum absolute atomic E-state index is 0.0497. The molecule has 8 nitrogen and oxygen atoms in total. The Morgan fingerprint density at radius 3 is 2.54 bits per heavy atom. The molecule has 1 aromatic carbocycles. The summed E-state index contributed by atoms with van der Waals surface area (Å²) in [6.07, 6.45) is -2.12. The van der Waals surface area contributed by atoms with Crippen LogP contribution in [0.15, 0.2) is 55.6 Å². The maximum absolute atomic E-state index is 14.9. The van der Waals surface area contributed by atoms with E-state index in [0.29, 0.717) is 5.56 Å². The molecular weight excluding hydrogens is 485 g/mol. The minimum Gasteiger partial charge on any atom is -0.371 e. The average molecular weight is 518 g/mol. The van der Waals surface area contributed by atoms with Crippen LogP contribution in [0, 0.1) is 0 Å². The van der Waals surface area contributed by atoms with E-state index >= 15 is 0 Å². The van der Waals surface area contributed by atoms with E-state index in [1.165, 1.54) is 6.08 Å². The lowest BCUT2D eigenvalue weighted by molar-refractivity contribution is -0.232. The third-order valence-corrected chi connectivity index (χ3v) is 7.15. The molecule has 0 aromatic heterocycles. The first kappa shape index (κ1) is 28.1. The molecule has 0 bridgehead atoms. The predicted octanol–water partition coefficient (Wildman–Crippen LogP) is 4.78. The highest BCUT2D eigenvalue weighted by Crippen LogP contribution is 2.60. The lowest BCUT2D eigenvalue weighted by Gasteiger charge is -2.31. The Kier molecular flexibility index (Phi) is 9.39. The van der Waals surface area contributed by atoms with Crippen molar-refractivity contribution in [1.82, 2.24) is 0 Å². The molecular formula is C24H33F2O8P. The Balaban J connectivity index is 1.69. The Hall–Kier alpha value is -1.49. The van der Waals surface area contributed by atoms with Crippen LogP contribution in [0.1, 0.15) is 32.3 Å². The van der Waals surface area contributed by atoms with Crippen LogP contribution in [0.5, 0.6) is 0 Å². The number of hydrogen-bond acceptors (Lipinski definition) is 7. The van der Waals surface area contributed by atoms with Crippen LogP contribution in [0.3, 0.4) is 0 Å². The van der Waals surface area contributed by atoms with E-state index in [9.17, 15) is 18.2 Å². The summed E-state index contributed by atoms with van der Waals surface area (Å²) in [4.78, 5) is 10.0. The Labute approximate surface area is 204 Å². The normalized spacial score (nSPS) is 28.3. The molecule has 6 atom stereocenters. The van der Waals surface area contributed by atoms with E-state index in [-0.39, 0.29) is 19.6 Å². The zero-order valence-electron chi connectivity index (χ0n) is 19.9. The molecule has 2 heterocycles. The standard InChI is InChI=1S/C24H33F2O8P/c1-5-14-29-18(19-20(30-15-6-2)21-22(32-19)34-23(3,4)33-21)12-13-24(25,26)35(27,28)31-16-17-10-8-7-9-11-17/h5-11,18-22H,1-2,12-16H2,3-4H3,(H,27,28)/t18-,19-,20+,21-,22-/m1/s1. The smallest absolute Gasteiger partial charge is 0.371 e. The van der Waals surface area contributed by atoms with Crippen LogP contribution in [-0.4, -0.2) is 60.3 Å². The van der Waals surface area contributed by atoms with Crippen molar-refractivity contribution in [2.45, 2.75) is 75.5 Å². The summed E-state index contributed by atoms with van der Waals surface area (Å²) in [7, 11) is -5.29. The zero-order chi connectivity index (χ0) is 25.7. The second-order valence-electron chi connectivity index (χ2n) is 8.80. The van der Waals surface area contributed by atoms with E-state index in [1.54, 1.807) is 50.3 Å². The van der Waals surface area contributed by atoms with Crippen molar-refractivity contribution in [3.63, 3.8) is 0 Å². The molecule has 1 unspecified atom stereocenters. The average Bonchev–Trinajstić information content (AvgIpc) is 3.28. The quantitative estimate of drug-likeness (QED) is 0.278. The Bertz CT molecular complexity index is 897. The van der Waals surface area contributed by atoms with Gasteiger partial charge in [-0.1, -0.05) is 42.5 Å². The molecule has 0 radical (unpaired) electrons. The molecule has 2 saturated heterocycles. The van der Waals surface area contributed by atoms with Gasteiger partial charge in [-0.3, -0.25) is 9.09 Å². The predicted molar refractivity (Wildman–Crippen MR) is 124 cm³/mol. The zero-order valence-corrected chi connectivity index (χ0v) is 20.8. The highest BCUT2D eigenvalue weighted by atomic mass is 31.2. The molecule has 1 aromatic rings. The van der Waals surface area contributed by atoms with Gasteiger partial charge in [-0.15, -0.1) is 13.2 Å². The number of halogens is 2. The Morgan fingerprint density at radius 2 is 1.89 bits per heavy atom. The summed E-state index contributed by atoms with van der Waals surface area (Å²) in [5, 5.41) is 0. The van der Waals surface area contributed by atoms with Gasteiger partial charge in [0, 0.05) is 6.42 Å². The topological polar surface area (TPSA) is 92.7 Å². The third-order valence-electron chi connectivity index (χ3n) is 5.62. The van der Waals surface area contributed by atoms with Crippen LogP contribution < -0.4 is 0 Å². The molecule has 0 spiro atoms. The second kappa shape index (κ2) is 11.7. The second-order valence-corrected chi connectivity index (χ2v) is 10.8. The van der Waals surface area contributed by atoms with Gasteiger partial charge in [0.05, 0.1) is 25.9 Å². The van der Waals surface area contributed by atoms with E-state index in [4.69, 9.17) is 28.2 Å². The highest BCUT2D eigenvalue weighted by Gasteiger charge is 2.58. The summed E-state index contributed by atoms with van der Waals surface area (Å²) in [6, 6.07) is 8.32. The first-order chi connectivity index (χ1) is 16.5. The summed E-state index contributed by atoms with van der Waals surface area (Å²) in [6.45, 7) is 10.5. The maximum atomic E-state index is 14.9. The van der Waals surface area contributed by atoms with E-state index < -0.39 is 62.8 Å². The monoisotopic (exact) mass is 518 g/mol. The molecule has 35 heavy (non-hydrogen) atoms. The molecule has 0 aliphatic carbocycles. The van der Waals surface area contributed by atoms with E-state index in [0.717, 1.165) is 0 Å². The van der Waals surface area contributed by atoms with Crippen molar-refractivity contribution in [3.8, 4) is 0 Å². The summed E-state index contributed by atoms with van der Waals surface area (Å²) in [5.74, 6) is -0.903. The van der Waals surface area contributed by atoms with Gasteiger partial charge >= 0.3 is 13.3 Å². The van der Waals surface area contributed by atoms with Gasteiger partial charge in [-0.2, -0.15) is 8.78 Å². The van der Waals surface area contributed by atoms with Gasteiger partial charge in [0.1, 0.15) is 18.3 Å². The van der Waals surface area contributed by atoms with Crippen molar-refractivity contribution in [2.24, 2.45) is 0 Å². The van der Waals surface area contributed by atoms with Gasteiger partial charge in [0.15, 0.2) is 12.1 Å². The van der Waals surface area contributed by atoms with Gasteiger partial charge in [0.25, 0.3) is 0 Å². The summed E-state index contributed by atoms with van der Waals surface area (Å²) in [5.41, 5.74) is -3.51. The van der Waals surface area contributed by atoms with Crippen molar-refractivity contribution >= 4 is 7.60 Å². The van der Waals surface area contributed by atoms with Crippen LogP contribution in [0.25, 0.3) is 0 Å². The van der Waals surface area contributed by atoms with E-state index in [1.807, 2.05) is 0 Å². The molecule has 2 fully saturated rings. The molecule has 0 saturated carbocycles. The van der Waals surface area contributed by atoms with Crippen molar-refractivity contribution < 1.29 is 46.4 Å². The lowest BCUT2D eigenvalue weighted by Crippen LogP contribution is -2.44. The molecule has 1 N–H and O–H groups in total. The Morgan fingerprint density at radius 1 is 1.20 bits per heavy atom. The van der Waals surface area contributed by atoms with Crippen molar-refractivity contribution in [2.75, 3.05) is 13.2 Å². The number of alkyl halides is 2. The molecule has 0 amide bonds. The number of rotatable bonds is 14. The number of fused-ring (bicyclic) bond motifs is 1. The third kappa shape index (κ3) is 7.05. The molecule has 11 heteroatoms. The van der Waals surface area contributed by atoms with Crippen LogP contribution in [0.2, 0.25) is 0 Å². The van der Waals surface area contributed by atoms with Crippen LogP contribution >= 0.6 is 7.60 Å². The SMILES string of the molecule is C=CCO[C@@H]1[C@H]2OC(C)(C)O[C@H]2O[C@@H]1[C@@H](CCC(F)(F)P(=O)(O)OCc1ccccc1)OCC=C. The largest absolute Gasteiger partial charge is 0.397 e. The van der Waals surface area contributed by atoms with Crippen LogP contribution in [-0.2, 0) is 39.4 Å². The molecule has 3 rings (SSSR count). The van der Waals surface area contributed by atoms with Crippen molar-refractivity contribution in [3.05, 3.63) is 61.2 Å². The number of benzene rings is 1. The first-order valence-corrected chi connectivity index (χ1v) is 12.9. The summed E-state index contributed by atoms with van der Waals surface area (Å²) < 4.78 is 76.1. The number of hydrogen-bond donors (Lipinski definition) is 1. The fourth-order valence-corrected chi connectivity index (χ4v) is 4.92. The van der Waals surface area contributed by atoms with Gasteiger partial charge in [-0.25, -0.2) is 0 Å². The van der Waals surface area contributed by atoms with Gasteiger partial charge < -0.3 is 28.6 Å². The molecule has 2 aliphatic heterocycles. The maximum Gasteiger partial charge on any atom is 0.397 e. The summed E-state index contributed by atoms with van der Waals surface area (Å²) >= 11 is 0. The van der Waals surface area contributed by atoms with Gasteiger partial charge in [-0.05, 0) is 25.8 Å². The van der Waals surface area contributed by atoms with Gasteiger partial charge in [0.2, 0.25) is 0 Å². The molecule has 2 aliphatic rings. The van der Waals surface area contributed by atoms with Crippen LogP contribution in [0.4, 0.5) is 8.78 Å². The molecule has 196 valence electrons. The van der Waals surface area contributed by atoms with Crippen molar-refractivity contribution in [1.29, 1.82) is 0 Å². The lowest BCUT2D eigenvalue weighted by atomic mass is 10.0. The number of ether oxygens (including phenoxy) is 5. The first-order valence-electron chi connectivity index (χ1n) is 11.3. The van der Waals surface area contributed by atoms with E-state index in [2.05, 4.69) is 13.2 Å². The minimum atomic E-state index is -5.29. The highest BCUT2D eigenvalue weighted by molar-refractivity contribution is 7.54. The fourth-order valence-electron chi connectivity index (χ4n) is 3.99. The fraction of sp³-hybridized carbons (Fsp3) is 0.583.